The number of pyridine rings is 1. The van der Waals surface area contributed by atoms with Gasteiger partial charge in [0.05, 0.1) is 13.0 Å². The number of hydrogen-bond donors (Lipinski definition) is 2. The minimum atomic E-state index is -0.396. The fraction of sp³-hybridized carbons (Fsp3) is 0.400. The van der Waals surface area contributed by atoms with Gasteiger partial charge in [-0.3, -0.25) is 4.79 Å². The summed E-state index contributed by atoms with van der Waals surface area (Å²) in [6, 6.07) is 3.52. The van der Waals surface area contributed by atoms with Crippen molar-refractivity contribution in [3.63, 3.8) is 0 Å². The van der Waals surface area contributed by atoms with E-state index in [0.29, 0.717) is 12.3 Å². The Hall–Kier alpha value is -1.62. The molecule has 0 unspecified atom stereocenters. The number of primary amides is 1. The highest BCUT2D eigenvalue weighted by Gasteiger charge is 1.98. The van der Waals surface area contributed by atoms with E-state index < -0.39 is 5.91 Å². The van der Waals surface area contributed by atoms with Gasteiger partial charge in [0.1, 0.15) is 0 Å². The number of aromatic nitrogens is 1. The van der Waals surface area contributed by atoms with E-state index in [2.05, 4.69) is 4.98 Å². The normalized spacial score (nSPS) is 9.93. The van der Waals surface area contributed by atoms with E-state index >= 15 is 0 Å². The predicted molar refractivity (Wildman–Crippen MR) is 54.3 cm³/mol. The summed E-state index contributed by atoms with van der Waals surface area (Å²) in [6.45, 7) is 0.339. The first-order valence-corrected chi connectivity index (χ1v) is 4.69. The Morgan fingerprint density at radius 2 is 2.33 bits per heavy atom. The molecule has 1 heterocycles. The average molecular weight is 210 g/mol. The molecular formula is C10H14N2O3. The molecule has 0 bridgehead atoms. The SMILES string of the molecule is NC(=O)CCOc1ccc(CCO)cn1. The molecule has 0 saturated carbocycles. The predicted octanol–water partition coefficient (Wildman–Crippen LogP) is -0.129. The van der Waals surface area contributed by atoms with Gasteiger partial charge in [-0.1, -0.05) is 6.07 Å². The Balaban J connectivity index is 2.39. The van der Waals surface area contributed by atoms with Crippen molar-refractivity contribution in [2.75, 3.05) is 13.2 Å². The van der Waals surface area contributed by atoms with Gasteiger partial charge >= 0.3 is 0 Å². The number of aliphatic hydroxyl groups excluding tert-OH is 1. The highest BCUT2D eigenvalue weighted by atomic mass is 16.5. The van der Waals surface area contributed by atoms with E-state index in [9.17, 15) is 4.79 Å². The van der Waals surface area contributed by atoms with Crippen LogP contribution in [0.3, 0.4) is 0 Å². The van der Waals surface area contributed by atoms with E-state index in [1.807, 2.05) is 6.07 Å². The van der Waals surface area contributed by atoms with E-state index in [4.69, 9.17) is 15.6 Å². The van der Waals surface area contributed by atoms with Gasteiger partial charge in [-0.25, -0.2) is 4.98 Å². The number of carbonyl (C=O) groups is 1. The third-order valence-corrected chi connectivity index (χ3v) is 1.80. The van der Waals surface area contributed by atoms with Crippen LogP contribution in [0.15, 0.2) is 18.3 Å². The van der Waals surface area contributed by atoms with Gasteiger partial charge in [-0.05, 0) is 12.0 Å². The van der Waals surface area contributed by atoms with Crippen LogP contribution in [-0.4, -0.2) is 29.2 Å². The number of carbonyl (C=O) groups excluding carboxylic acids is 1. The van der Waals surface area contributed by atoms with Gasteiger partial charge in [-0.15, -0.1) is 0 Å². The molecule has 0 spiro atoms. The Kier molecular flexibility index (Phi) is 4.56. The van der Waals surface area contributed by atoms with Crippen LogP contribution in [-0.2, 0) is 11.2 Å². The summed E-state index contributed by atoms with van der Waals surface area (Å²) in [6.07, 6.45) is 2.39. The van der Waals surface area contributed by atoms with Crippen molar-refractivity contribution in [1.82, 2.24) is 4.98 Å². The maximum Gasteiger partial charge on any atom is 0.220 e. The molecule has 0 atom stereocenters. The molecule has 0 aromatic carbocycles. The summed E-state index contributed by atoms with van der Waals surface area (Å²) in [5.74, 6) is 0.0600. The molecule has 82 valence electrons. The van der Waals surface area contributed by atoms with Gasteiger partial charge in [0, 0.05) is 18.9 Å². The Morgan fingerprint density at radius 3 is 2.87 bits per heavy atom. The lowest BCUT2D eigenvalue weighted by Crippen LogP contribution is -2.14. The number of nitrogens with two attached hydrogens (primary N) is 1. The second-order valence-corrected chi connectivity index (χ2v) is 3.04. The monoisotopic (exact) mass is 210 g/mol. The zero-order valence-electron chi connectivity index (χ0n) is 8.35. The molecule has 0 saturated heterocycles. The van der Waals surface area contributed by atoms with E-state index in [1.165, 1.54) is 0 Å². The maximum atomic E-state index is 10.4. The Bertz CT molecular complexity index is 311. The zero-order chi connectivity index (χ0) is 11.1. The van der Waals surface area contributed by atoms with Crippen molar-refractivity contribution in [3.8, 4) is 5.88 Å². The molecule has 1 amide bonds. The highest BCUT2D eigenvalue weighted by molar-refractivity contribution is 5.73. The second-order valence-electron chi connectivity index (χ2n) is 3.04. The van der Waals surface area contributed by atoms with Gasteiger partial charge in [0.2, 0.25) is 11.8 Å². The van der Waals surface area contributed by atoms with Crippen LogP contribution in [0.5, 0.6) is 5.88 Å². The summed E-state index contributed by atoms with van der Waals surface area (Å²) >= 11 is 0. The molecule has 0 fully saturated rings. The van der Waals surface area contributed by atoms with Crippen molar-refractivity contribution in [3.05, 3.63) is 23.9 Å². The molecule has 0 aliphatic rings. The van der Waals surface area contributed by atoms with Crippen LogP contribution in [0, 0.1) is 0 Å². The van der Waals surface area contributed by atoms with Gasteiger partial charge in [-0.2, -0.15) is 0 Å². The van der Waals surface area contributed by atoms with Crippen LogP contribution >= 0.6 is 0 Å². The molecule has 1 aromatic heterocycles. The lowest BCUT2D eigenvalue weighted by molar-refractivity contribution is -0.118. The van der Waals surface area contributed by atoms with Crippen molar-refractivity contribution in [2.24, 2.45) is 5.73 Å². The lowest BCUT2D eigenvalue weighted by atomic mass is 10.2. The Morgan fingerprint density at radius 1 is 1.53 bits per heavy atom. The summed E-state index contributed by atoms with van der Waals surface area (Å²) in [7, 11) is 0. The van der Waals surface area contributed by atoms with Crippen molar-refractivity contribution in [1.29, 1.82) is 0 Å². The minimum Gasteiger partial charge on any atom is -0.477 e. The first-order valence-electron chi connectivity index (χ1n) is 4.69. The molecule has 0 radical (unpaired) electrons. The largest absolute Gasteiger partial charge is 0.477 e. The quantitative estimate of drug-likeness (QED) is 0.685. The summed E-state index contributed by atoms with van der Waals surface area (Å²) < 4.78 is 5.18. The third-order valence-electron chi connectivity index (χ3n) is 1.80. The Labute approximate surface area is 87.9 Å². The molecule has 5 heteroatoms. The van der Waals surface area contributed by atoms with Crippen LogP contribution in [0.4, 0.5) is 0 Å². The molecule has 3 N–H and O–H groups in total. The van der Waals surface area contributed by atoms with Crippen LogP contribution in [0.25, 0.3) is 0 Å². The third kappa shape index (κ3) is 4.42. The van der Waals surface area contributed by atoms with Crippen molar-refractivity contribution in [2.45, 2.75) is 12.8 Å². The summed E-state index contributed by atoms with van der Waals surface area (Å²) in [4.78, 5) is 14.4. The van der Waals surface area contributed by atoms with Gasteiger partial charge < -0.3 is 15.6 Å². The smallest absolute Gasteiger partial charge is 0.220 e. The number of rotatable bonds is 6. The van der Waals surface area contributed by atoms with Crippen molar-refractivity contribution < 1.29 is 14.6 Å². The van der Waals surface area contributed by atoms with E-state index in [0.717, 1.165) is 5.56 Å². The second kappa shape index (κ2) is 5.98. The maximum absolute atomic E-state index is 10.4. The topological polar surface area (TPSA) is 85.4 Å². The van der Waals surface area contributed by atoms with Crippen LogP contribution in [0.2, 0.25) is 0 Å². The molecule has 1 aromatic rings. The first kappa shape index (κ1) is 11.5. The number of amides is 1. The zero-order valence-corrected chi connectivity index (χ0v) is 8.35. The van der Waals surface area contributed by atoms with Gasteiger partial charge in [0.15, 0.2) is 0 Å². The van der Waals surface area contributed by atoms with Gasteiger partial charge in [0.25, 0.3) is 0 Å². The summed E-state index contributed by atoms with van der Waals surface area (Å²) in [5, 5.41) is 8.68. The molecule has 0 aliphatic carbocycles. The minimum absolute atomic E-state index is 0.101. The first-order chi connectivity index (χ1) is 7.22. The highest BCUT2D eigenvalue weighted by Crippen LogP contribution is 2.07. The van der Waals surface area contributed by atoms with Crippen LogP contribution in [0.1, 0.15) is 12.0 Å². The van der Waals surface area contributed by atoms with Crippen molar-refractivity contribution >= 4 is 5.91 Å². The number of aliphatic hydroxyl groups is 1. The molecule has 1 rings (SSSR count). The molecule has 0 aliphatic heterocycles. The number of nitrogens with zero attached hydrogens (tertiary/aromatic N) is 1. The molecular weight excluding hydrogens is 196 g/mol. The number of ether oxygens (including phenoxy) is 1. The molecule has 15 heavy (non-hydrogen) atoms. The lowest BCUT2D eigenvalue weighted by Gasteiger charge is -2.04. The summed E-state index contributed by atoms with van der Waals surface area (Å²) in [5.41, 5.74) is 5.90. The molecule has 5 nitrogen and oxygen atoms in total. The average Bonchev–Trinajstić information content (AvgIpc) is 2.20. The fourth-order valence-electron chi connectivity index (χ4n) is 1.03. The van der Waals surface area contributed by atoms with E-state index in [1.54, 1.807) is 12.3 Å². The fourth-order valence-corrected chi connectivity index (χ4v) is 1.03. The standard InChI is InChI=1S/C10H14N2O3/c11-9(14)4-6-15-10-2-1-8(3-5-13)7-12-10/h1-2,7,13H,3-6H2,(H2,11,14). The van der Waals surface area contributed by atoms with E-state index in [-0.39, 0.29) is 19.6 Å². The number of hydrogen-bond acceptors (Lipinski definition) is 4. The van der Waals surface area contributed by atoms with Crippen LogP contribution < -0.4 is 10.5 Å².